The van der Waals surface area contributed by atoms with Crippen molar-refractivity contribution in [3.05, 3.63) is 0 Å². The van der Waals surface area contributed by atoms with Gasteiger partial charge < -0.3 is 14.8 Å². The van der Waals surface area contributed by atoms with E-state index in [4.69, 9.17) is 4.74 Å². The largest absolute Gasteiger partial charge is 0.508 e. The topological polar surface area (TPSA) is 47.6 Å². The van der Waals surface area contributed by atoms with Gasteiger partial charge in [-0.05, 0) is 0 Å². The summed E-state index contributed by atoms with van der Waals surface area (Å²) in [6.45, 7) is 3.67. The first-order valence-electron chi connectivity index (χ1n) is 3.69. The molecule has 1 heterocycles. The van der Waals surface area contributed by atoms with Crippen molar-refractivity contribution in [1.29, 1.82) is 0 Å². The van der Waals surface area contributed by atoms with Gasteiger partial charge in [0.2, 0.25) is 0 Å². The third kappa shape index (κ3) is 2.08. The lowest BCUT2D eigenvalue weighted by molar-refractivity contribution is 0.0311. The first-order valence-corrected chi connectivity index (χ1v) is 3.69. The van der Waals surface area contributed by atoms with Crippen LogP contribution in [0.1, 0.15) is 6.92 Å². The first-order chi connectivity index (χ1) is 5.24. The van der Waals surface area contributed by atoms with Crippen LogP contribution >= 0.6 is 0 Å². The molecule has 1 rings (SSSR count). The van der Waals surface area contributed by atoms with E-state index in [1.807, 2.05) is 6.92 Å². The van der Waals surface area contributed by atoms with Gasteiger partial charge in [0, 0.05) is 19.0 Å². The molecule has 1 fully saturated rings. The molecule has 0 amide bonds. The van der Waals surface area contributed by atoms with Crippen LogP contribution in [-0.4, -0.2) is 32.5 Å². The van der Waals surface area contributed by atoms with Gasteiger partial charge in [-0.15, -0.1) is 0 Å². The van der Waals surface area contributed by atoms with Gasteiger partial charge in [-0.2, -0.15) is 0 Å². The molecule has 0 bridgehead atoms. The van der Waals surface area contributed by atoms with Gasteiger partial charge in [0.25, 0.3) is 0 Å². The Morgan fingerprint density at radius 2 is 2.27 bits per heavy atom. The molecule has 1 aliphatic rings. The summed E-state index contributed by atoms with van der Waals surface area (Å²) in [7, 11) is 1.31. The highest BCUT2D eigenvalue weighted by molar-refractivity contribution is 5.59. The fraction of sp³-hybridized carbons (Fsp3) is 0.857. The smallest absolute Gasteiger partial charge is 0.438 e. The number of carbonyl (C=O) groups is 1. The van der Waals surface area contributed by atoms with Crippen LogP contribution in [0.25, 0.3) is 0 Å². The van der Waals surface area contributed by atoms with Gasteiger partial charge in [0.15, 0.2) is 0 Å². The Labute approximate surface area is 65.9 Å². The monoisotopic (exact) mass is 159 g/mol. The number of methoxy groups -OCH3 is 1. The highest BCUT2D eigenvalue weighted by Gasteiger charge is 2.26. The van der Waals surface area contributed by atoms with Crippen LogP contribution in [-0.2, 0) is 9.47 Å². The zero-order valence-corrected chi connectivity index (χ0v) is 6.79. The van der Waals surface area contributed by atoms with Crippen molar-refractivity contribution >= 4 is 6.16 Å². The van der Waals surface area contributed by atoms with Crippen LogP contribution in [0, 0.1) is 5.92 Å². The number of ether oxygens (including phenoxy) is 2. The molecule has 1 saturated heterocycles. The van der Waals surface area contributed by atoms with Crippen LogP contribution in [0.5, 0.6) is 0 Å². The fourth-order valence-corrected chi connectivity index (χ4v) is 1.12. The summed E-state index contributed by atoms with van der Waals surface area (Å²) in [4.78, 5) is 10.6. The third-order valence-electron chi connectivity index (χ3n) is 1.86. The van der Waals surface area contributed by atoms with Gasteiger partial charge in [0.05, 0.1) is 7.11 Å². The Kier molecular flexibility index (Phi) is 2.70. The van der Waals surface area contributed by atoms with Gasteiger partial charge >= 0.3 is 6.16 Å². The minimum Gasteiger partial charge on any atom is -0.438 e. The maximum absolute atomic E-state index is 10.6. The van der Waals surface area contributed by atoms with E-state index in [1.54, 1.807) is 0 Å². The van der Waals surface area contributed by atoms with Crippen molar-refractivity contribution in [3.8, 4) is 0 Å². The van der Waals surface area contributed by atoms with Crippen molar-refractivity contribution in [3.63, 3.8) is 0 Å². The normalized spacial score (nSPS) is 30.0. The molecule has 0 spiro atoms. The maximum Gasteiger partial charge on any atom is 0.508 e. The number of hydrogen-bond acceptors (Lipinski definition) is 4. The Morgan fingerprint density at radius 3 is 2.73 bits per heavy atom. The molecule has 0 aromatic carbocycles. The average molecular weight is 159 g/mol. The van der Waals surface area contributed by atoms with E-state index < -0.39 is 6.16 Å². The molecule has 64 valence electrons. The molecule has 1 N–H and O–H groups in total. The minimum absolute atomic E-state index is 0.0255. The van der Waals surface area contributed by atoms with Gasteiger partial charge in [-0.3, -0.25) is 0 Å². The Morgan fingerprint density at radius 1 is 1.55 bits per heavy atom. The average Bonchev–Trinajstić information content (AvgIpc) is 2.37. The molecular weight excluding hydrogens is 146 g/mol. The lowest BCUT2D eigenvalue weighted by Gasteiger charge is -2.13. The molecule has 0 radical (unpaired) electrons. The van der Waals surface area contributed by atoms with Gasteiger partial charge in [-0.25, -0.2) is 4.79 Å². The molecule has 0 saturated carbocycles. The van der Waals surface area contributed by atoms with Gasteiger partial charge in [0.1, 0.15) is 6.10 Å². The highest BCUT2D eigenvalue weighted by Crippen LogP contribution is 2.11. The quantitative estimate of drug-likeness (QED) is 0.562. The highest BCUT2D eigenvalue weighted by atomic mass is 16.7. The van der Waals surface area contributed by atoms with E-state index >= 15 is 0 Å². The van der Waals surface area contributed by atoms with E-state index in [0.29, 0.717) is 5.92 Å². The van der Waals surface area contributed by atoms with Crippen LogP contribution in [0.3, 0.4) is 0 Å². The van der Waals surface area contributed by atoms with Crippen molar-refractivity contribution in [1.82, 2.24) is 5.32 Å². The summed E-state index contributed by atoms with van der Waals surface area (Å²) < 4.78 is 9.32. The third-order valence-corrected chi connectivity index (χ3v) is 1.86. The summed E-state index contributed by atoms with van der Waals surface area (Å²) in [6.07, 6.45) is -0.618. The standard InChI is InChI=1S/C7H13NO3/c1-5-3-8-4-6(5)11-7(9)10-2/h5-6,8H,3-4H2,1-2H3. The molecule has 0 aromatic heterocycles. The predicted octanol–water partition coefficient (Wildman–Crippen LogP) is 0.377. The SMILES string of the molecule is COC(=O)OC1CNCC1C. The molecule has 2 atom stereocenters. The van der Waals surface area contributed by atoms with Crippen LogP contribution in [0.2, 0.25) is 0 Å². The molecule has 2 unspecified atom stereocenters. The molecule has 4 nitrogen and oxygen atoms in total. The van der Waals surface area contributed by atoms with E-state index in [2.05, 4.69) is 10.1 Å². The maximum atomic E-state index is 10.6. The second kappa shape index (κ2) is 3.57. The molecular formula is C7H13NO3. The predicted molar refractivity (Wildman–Crippen MR) is 39.3 cm³/mol. The van der Waals surface area contributed by atoms with Crippen molar-refractivity contribution in [2.75, 3.05) is 20.2 Å². The lowest BCUT2D eigenvalue weighted by Crippen LogP contribution is -2.24. The van der Waals surface area contributed by atoms with E-state index in [0.717, 1.165) is 13.1 Å². The molecule has 0 aromatic rings. The Bertz CT molecular complexity index is 149. The number of hydrogen-bond donors (Lipinski definition) is 1. The Hall–Kier alpha value is -0.770. The van der Waals surface area contributed by atoms with Crippen molar-refractivity contribution < 1.29 is 14.3 Å². The summed E-state index contributed by atoms with van der Waals surface area (Å²) in [6, 6.07) is 0. The molecule has 4 heteroatoms. The summed E-state index contributed by atoms with van der Waals surface area (Å²) in [5.41, 5.74) is 0. The Balaban J connectivity index is 2.30. The zero-order valence-electron chi connectivity index (χ0n) is 6.79. The van der Waals surface area contributed by atoms with Gasteiger partial charge in [-0.1, -0.05) is 6.92 Å². The van der Waals surface area contributed by atoms with Crippen LogP contribution < -0.4 is 5.32 Å². The lowest BCUT2D eigenvalue weighted by atomic mass is 10.1. The number of nitrogens with one attached hydrogen (secondary N) is 1. The summed E-state index contributed by atoms with van der Waals surface area (Å²) >= 11 is 0. The minimum atomic E-state index is -0.592. The second-order valence-corrected chi connectivity index (χ2v) is 2.75. The number of carbonyl (C=O) groups excluding carboxylic acids is 1. The van der Waals surface area contributed by atoms with E-state index in [-0.39, 0.29) is 6.10 Å². The van der Waals surface area contributed by atoms with Crippen molar-refractivity contribution in [2.45, 2.75) is 13.0 Å². The fourth-order valence-electron chi connectivity index (χ4n) is 1.12. The first kappa shape index (κ1) is 8.33. The van der Waals surface area contributed by atoms with Crippen LogP contribution in [0.15, 0.2) is 0 Å². The second-order valence-electron chi connectivity index (χ2n) is 2.75. The molecule has 0 aliphatic carbocycles. The zero-order chi connectivity index (χ0) is 8.27. The van der Waals surface area contributed by atoms with Crippen LogP contribution in [0.4, 0.5) is 4.79 Å². The molecule has 1 aliphatic heterocycles. The van der Waals surface area contributed by atoms with Crippen molar-refractivity contribution in [2.24, 2.45) is 5.92 Å². The summed E-state index contributed by atoms with van der Waals surface area (Å²) in [5, 5.41) is 3.12. The summed E-state index contributed by atoms with van der Waals surface area (Å²) in [5.74, 6) is 0.383. The molecule has 11 heavy (non-hydrogen) atoms. The van der Waals surface area contributed by atoms with E-state index in [9.17, 15) is 4.79 Å². The number of rotatable bonds is 1. The van der Waals surface area contributed by atoms with E-state index in [1.165, 1.54) is 7.11 Å².